The Hall–Kier alpha value is -2.27. The Morgan fingerprint density at radius 3 is 2.48 bits per heavy atom. The number of aromatic nitrogens is 2. The molecule has 21 heavy (non-hydrogen) atoms. The Kier molecular flexibility index (Phi) is 5.00. The lowest BCUT2D eigenvalue weighted by Gasteiger charge is -2.32. The summed E-state index contributed by atoms with van der Waals surface area (Å²) in [6.45, 7) is 5.00. The molecular weight excluding hydrogens is 264 g/mol. The minimum absolute atomic E-state index is 0.183. The molecule has 0 radical (unpaired) electrons. The van der Waals surface area contributed by atoms with Gasteiger partial charge in [0.2, 0.25) is 0 Å². The van der Waals surface area contributed by atoms with Crippen molar-refractivity contribution < 1.29 is 4.79 Å². The summed E-state index contributed by atoms with van der Waals surface area (Å²) in [5.74, 6) is 0.258. The number of para-hydroxylation sites is 1. The molecule has 0 aliphatic carbocycles. The molecule has 0 saturated carbocycles. The first-order chi connectivity index (χ1) is 10.1. The average molecular weight is 284 g/mol. The molecular formula is C16H20N4O. The first kappa shape index (κ1) is 15.1. The molecule has 0 saturated heterocycles. The van der Waals surface area contributed by atoms with Gasteiger partial charge in [-0.2, -0.15) is 0 Å². The molecule has 1 heterocycles. The molecule has 110 valence electrons. The Morgan fingerprint density at radius 1 is 1.19 bits per heavy atom. The maximum Gasteiger partial charge on any atom is 0.293 e. The largest absolute Gasteiger partial charge is 0.293 e. The zero-order valence-electron chi connectivity index (χ0n) is 12.6. The van der Waals surface area contributed by atoms with Gasteiger partial charge in [-0.3, -0.25) is 9.78 Å². The topological polar surface area (TPSA) is 49.3 Å². The molecule has 0 atom stereocenters. The molecule has 0 aliphatic heterocycles. The second kappa shape index (κ2) is 6.95. The molecule has 5 nitrogen and oxygen atoms in total. The van der Waals surface area contributed by atoms with Crippen LogP contribution in [0.2, 0.25) is 0 Å². The van der Waals surface area contributed by atoms with Crippen LogP contribution < -0.4 is 5.01 Å². The van der Waals surface area contributed by atoms with Crippen LogP contribution >= 0.6 is 0 Å². The van der Waals surface area contributed by atoms with E-state index in [1.54, 1.807) is 11.2 Å². The highest BCUT2D eigenvalue weighted by Gasteiger charge is 2.23. The molecule has 2 aromatic rings. The van der Waals surface area contributed by atoms with Crippen molar-refractivity contribution in [1.29, 1.82) is 0 Å². The normalized spacial score (nSPS) is 10.9. The van der Waals surface area contributed by atoms with Gasteiger partial charge >= 0.3 is 0 Å². The van der Waals surface area contributed by atoms with Crippen LogP contribution in [0.3, 0.4) is 0 Å². The number of nitrogens with zero attached hydrogens (tertiary/aromatic N) is 4. The van der Waals surface area contributed by atoms with Gasteiger partial charge in [0.1, 0.15) is 5.69 Å². The zero-order chi connectivity index (χ0) is 15.2. The standard InChI is InChI=1S/C16H20N4O/c1-13(2)12-19(3)20(14-7-5-4-6-8-14)16(21)15-11-17-9-10-18-15/h4-11,13H,12H2,1-3H3. The molecule has 1 aromatic carbocycles. The summed E-state index contributed by atoms with van der Waals surface area (Å²) in [6.07, 6.45) is 4.57. The van der Waals surface area contributed by atoms with Crippen molar-refractivity contribution in [2.45, 2.75) is 13.8 Å². The number of carbonyl (C=O) groups is 1. The van der Waals surface area contributed by atoms with Crippen molar-refractivity contribution in [1.82, 2.24) is 15.0 Å². The Balaban J connectivity index is 2.34. The maximum atomic E-state index is 12.8. The molecule has 5 heteroatoms. The van der Waals surface area contributed by atoms with Gasteiger partial charge in [-0.1, -0.05) is 32.0 Å². The van der Waals surface area contributed by atoms with Gasteiger partial charge in [-0.25, -0.2) is 15.0 Å². The third-order valence-corrected chi connectivity index (χ3v) is 2.95. The summed E-state index contributed by atoms with van der Waals surface area (Å²) in [5.41, 5.74) is 1.15. The molecule has 0 N–H and O–H groups in total. The molecule has 0 bridgehead atoms. The number of anilines is 1. The summed E-state index contributed by atoms with van der Waals surface area (Å²) < 4.78 is 0. The van der Waals surface area contributed by atoms with Gasteiger partial charge in [-0.15, -0.1) is 0 Å². The number of rotatable bonds is 5. The van der Waals surface area contributed by atoms with Crippen LogP contribution in [0.25, 0.3) is 0 Å². The molecule has 0 fully saturated rings. The van der Waals surface area contributed by atoms with Crippen molar-refractivity contribution in [3.8, 4) is 0 Å². The number of hydrogen-bond acceptors (Lipinski definition) is 4. The van der Waals surface area contributed by atoms with Gasteiger partial charge in [0.25, 0.3) is 5.91 Å². The SMILES string of the molecule is CC(C)CN(C)N(C(=O)c1cnccn1)c1ccccc1. The smallest absolute Gasteiger partial charge is 0.265 e. The van der Waals surface area contributed by atoms with Gasteiger partial charge in [0.15, 0.2) is 0 Å². The lowest BCUT2D eigenvalue weighted by atomic mass is 10.2. The molecule has 0 aliphatic rings. The summed E-state index contributed by atoms with van der Waals surface area (Å²) in [6, 6.07) is 9.57. The van der Waals surface area contributed by atoms with Crippen LogP contribution in [0, 0.1) is 5.92 Å². The number of hydrogen-bond donors (Lipinski definition) is 0. The quantitative estimate of drug-likeness (QED) is 0.792. The minimum atomic E-state index is -0.183. The monoisotopic (exact) mass is 284 g/mol. The van der Waals surface area contributed by atoms with Gasteiger partial charge in [-0.05, 0) is 18.1 Å². The lowest BCUT2D eigenvalue weighted by Crippen LogP contribution is -2.46. The van der Waals surface area contributed by atoms with E-state index in [4.69, 9.17) is 0 Å². The maximum absolute atomic E-state index is 12.8. The number of carbonyl (C=O) groups excluding carboxylic acids is 1. The second-order valence-electron chi connectivity index (χ2n) is 5.28. The third kappa shape index (κ3) is 3.86. The van der Waals surface area contributed by atoms with E-state index in [-0.39, 0.29) is 5.91 Å². The van der Waals surface area contributed by atoms with Crippen LogP contribution in [-0.2, 0) is 0 Å². The Morgan fingerprint density at radius 2 is 1.90 bits per heavy atom. The predicted octanol–water partition coefficient (Wildman–Crippen LogP) is 2.63. The van der Waals surface area contributed by atoms with Crippen LogP contribution in [0.5, 0.6) is 0 Å². The predicted molar refractivity (Wildman–Crippen MR) is 82.8 cm³/mol. The van der Waals surface area contributed by atoms with Crippen molar-refractivity contribution in [3.05, 3.63) is 54.6 Å². The van der Waals surface area contributed by atoms with E-state index in [0.29, 0.717) is 11.6 Å². The van der Waals surface area contributed by atoms with Gasteiger partial charge in [0.05, 0.1) is 11.9 Å². The van der Waals surface area contributed by atoms with Gasteiger partial charge < -0.3 is 0 Å². The fourth-order valence-electron chi connectivity index (χ4n) is 2.17. The van der Waals surface area contributed by atoms with E-state index < -0.39 is 0 Å². The first-order valence-electron chi connectivity index (χ1n) is 6.96. The average Bonchev–Trinajstić information content (AvgIpc) is 2.48. The van der Waals surface area contributed by atoms with Crippen LogP contribution in [-0.4, -0.2) is 34.5 Å². The van der Waals surface area contributed by atoms with Crippen LogP contribution in [0.15, 0.2) is 48.9 Å². The van der Waals surface area contributed by atoms with Crippen molar-refractivity contribution in [2.24, 2.45) is 5.92 Å². The summed E-state index contributed by atoms with van der Waals surface area (Å²) in [4.78, 5) is 20.8. The van der Waals surface area contributed by atoms with Crippen molar-refractivity contribution in [3.63, 3.8) is 0 Å². The second-order valence-corrected chi connectivity index (χ2v) is 5.28. The molecule has 0 spiro atoms. The van der Waals surface area contributed by atoms with Crippen molar-refractivity contribution >= 4 is 11.6 Å². The minimum Gasteiger partial charge on any atom is -0.265 e. The van der Waals surface area contributed by atoms with E-state index in [9.17, 15) is 4.79 Å². The van der Waals surface area contributed by atoms with E-state index >= 15 is 0 Å². The summed E-state index contributed by atoms with van der Waals surface area (Å²) in [7, 11) is 1.90. The van der Waals surface area contributed by atoms with E-state index in [2.05, 4.69) is 23.8 Å². The molecule has 1 amide bonds. The first-order valence-corrected chi connectivity index (χ1v) is 6.96. The summed E-state index contributed by atoms with van der Waals surface area (Å²) in [5, 5.41) is 3.56. The van der Waals surface area contributed by atoms with E-state index in [0.717, 1.165) is 12.2 Å². The summed E-state index contributed by atoms with van der Waals surface area (Å²) >= 11 is 0. The van der Waals surface area contributed by atoms with Crippen LogP contribution in [0.1, 0.15) is 24.3 Å². The highest BCUT2D eigenvalue weighted by molar-refractivity contribution is 6.03. The fourth-order valence-corrected chi connectivity index (χ4v) is 2.17. The Labute approximate surface area is 125 Å². The van der Waals surface area contributed by atoms with Crippen molar-refractivity contribution in [2.75, 3.05) is 18.6 Å². The van der Waals surface area contributed by atoms with Crippen LogP contribution in [0.4, 0.5) is 5.69 Å². The zero-order valence-corrected chi connectivity index (χ0v) is 12.6. The van der Waals surface area contributed by atoms with E-state index in [1.807, 2.05) is 42.4 Å². The van der Waals surface area contributed by atoms with E-state index in [1.165, 1.54) is 12.4 Å². The molecule has 1 aromatic heterocycles. The fraction of sp³-hybridized carbons (Fsp3) is 0.312. The lowest BCUT2D eigenvalue weighted by molar-refractivity contribution is 0.0901. The highest BCUT2D eigenvalue weighted by Crippen LogP contribution is 2.18. The molecule has 2 rings (SSSR count). The highest BCUT2D eigenvalue weighted by atomic mass is 16.2. The number of amides is 1. The number of hydrazine groups is 1. The molecule has 0 unspecified atom stereocenters. The van der Waals surface area contributed by atoms with Gasteiger partial charge in [0, 0.05) is 26.0 Å². The third-order valence-electron chi connectivity index (χ3n) is 2.95. The Bertz CT molecular complexity index is 571. The number of benzene rings is 1.